The molecule has 84 valence electrons. The third-order valence-electron chi connectivity index (χ3n) is 2.10. The maximum Gasteiger partial charge on any atom is 0.134 e. The molecule has 0 bridgehead atoms. The van der Waals surface area contributed by atoms with Gasteiger partial charge in [-0.1, -0.05) is 0 Å². The number of ether oxygens (including phenoxy) is 1. The van der Waals surface area contributed by atoms with E-state index in [0.717, 1.165) is 12.1 Å². The fraction of sp³-hybridized carbons (Fsp3) is 0.400. The maximum atomic E-state index is 13.4. The van der Waals surface area contributed by atoms with Gasteiger partial charge in [-0.05, 0) is 6.42 Å². The van der Waals surface area contributed by atoms with Crippen LogP contribution in [0, 0.1) is 11.6 Å². The van der Waals surface area contributed by atoms with E-state index in [2.05, 4.69) is 0 Å². The zero-order valence-corrected chi connectivity index (χ0v) is 8.34. The Balaban J connectivity index is 3.07. The van der Waals surface area contributed by atoms with Crippen molar-refractivity contribution < 1.29 is 18.6 Å². The summed E-state index contributed by atoms with van der Waals surface area (Å²) in [6, 6.07) is 1.28. The normalized spacial score (nSPS) is 12.6. The predicted molar refractivity (Wildman–Crippen MR) is 51.5 cm³/mol. The van der Waals surface area contributed by atoms with Crippen LogP contribution in [0.4, 0.5) is 8.78 Å². The summed E-state index contributed by atoms with van der Waals surface area (Å²) >= 11 is 0. The Morgan fingerprint density at radius 1 is 1.40 bits per heavy atom. The van der Waals surface area contributed by atoms with Gasteiger partial charge < -0.3 is 15.6 Å². The molecule has 1 atom stereocenters. The molecule has 0 spiro atoms. The third kappa shape index (κ3) is 2.64. The number of rotatable bonds is 4. The molecule has 5 heteroatoms. The summed E-state index contributed by atoms with van der Waals surface area (Å²) in [7, 11) is 1.32. The SMILES string of the molecule is COc1cc(F)c([C@H](N)CCO)c(F)c1. The van der Waals surface area contributed by atoms with Crippen LogP contribution in [0.5, 0.6) is 5.75 Å². The highest BCUT2D eigenvalue weighted by molar-refractivity contribution is 5.32. The molecule has 0 unspecified atom stereocenters. The molecule has 0 fully saturated rings. The smallest absolute Gasteiger partial charge is 0.134 e. The monoisotopic (exact) mass is 217 g/mol. The highest BCUT2D eigenvalue weighted by Gasteiger charge is 2.17. The fourth-order valence-electron chi connectivity index (χ4n) is 1.32. The molecule has 0 amide bonds. The van der Waals surface area contributed by atoms with Crippen LogP contribution in [0.1, 0.15) is 18.0 Å². The van der Waals surface area contributed by atoms with Crippen molar-refractivity contribution in [3.05, 3.63) is 29.3 Å². The number of aliphatic hydroxyl groups is 1. The first-order valence-corrected chi connectivity index (χ1v) is 4.49. The van der Waals surface area contributed by atoms with Crippen molar-refractivity contribution in [1.29, 1.82) is 0 Å². The van der Waals surface area contributed by atoms with E-state index in [-0.39, 0.29) is 24.3 Å². The summed E-state index contributed by atoms with van der Waals surface area (Å²) in [5, 5.41) is 8.63. The lowest BCUT2D eigenvalue weighted by Crippen LogP contribution is -2.15. The van der Waals surface area contributed by atoms with Crippen LogP contribution in [0.3, 0.4) is 0 Å². The Morgan fingerprint density at radius 3 is 2.33 bits per heavy atom. The molecule has 0 aliphatic carbocycles. The summed E-state index contributed by atoms with van der Waals surface area (Å²) in [4.78, 5) is 0. The molecule has 0 saturated heterocycles. The van der Waals surface area contributed by atoms with E-state index in [1.807, 2.05) is 0 Å². The highest BCUT2D eigenvalue weighted by atomic mass is 19.1. The molecule has 3 N–H and O–H groups in total. The van der Waals surface area contributed by atoms with Crippen molar-refractivity contribution in [2.24, 2.45) is 5.73 Å². The second-order valence-electron chi connectivity index (χ2n) is 3.12. The lowest BCUT2D eigenvalue weighted by molar-refractivity contribution is 0.274. The van der Waals surface area contributed by atoms with Gasteiger partial charge in [-0.15, -0.1) is 0 Å². The summed E-state index contributed by atoms with van der Waals surface area (Å²) in [5.74, 6) is -1.41. The van der Waals surface area contributed by atoms with Crippen molar-refractivity contribution in [1.82, 2.24) is 0 Å². The Hall–Kier alpha value is -1.20. The van der Waals surface area contributed by atoms with Gasteiger partial charge in [0, 0.05) is 30.3 Å². The van der Waals surface area contributed by atoms with Crippen molar-refractivity contribution in [3.63, 3.8) is 0 Å². The zero-order chi connectivity index (χ0) is 11.4. The van der Waals surface area contributed by atoms with Crippen LogP contribution in [0.15, 0.2) is 12.1 Å². The topological polar surface area (TPSA) is 55.5 Å². The number of methoxy groups -OCH3 is 1. The summed E-state index contributed by atoms with van der Waals surface area (Å²) in [6.45, 7) is -0.216. The van der Waals surface area contributed by atoms with Gasteiger partial charge in [-0.3, -0.25) is 0 Å². The second-order valence-corrected chi connectivity index (χ2v) is 3.12. The Labute approximate surface area is 86.5 Å². The number of aliphatic hydroxyl groups excluding tert-OH is 1. The molecule has 0 aliphatic rings. The van der Waals surface area contributed by atoms with Crippen molar-refractivity contribution in [3.8, 4) is 5.75 Å². The first-order chi connectivity index (χ1) is 7.10. The van der Waals surface area contributed by atoms with E-state index in [4.69, 9.17) is 15.6 Å². The fourth-order valence-corrected chi connectivity index (χ4v) is 1.32. The van der Waals surface area contributed by atoms with Gasteiger partial charge >= 0.3 is 0 Å². The first kappa shape index (κ1) is 11.9. The molecule has 3 nitrogen and oxygen atoms in total. The molecular formula is C10H13F2NO2. The Morgan fingerprint density at radius 2 is 1.93 bits per heavy atom. The number of hydrogen-bond acceptors (Lipinski definition) is 3. The van der Waals surface area contributed by atoms with Gasteiger partial charge in [0.2, 0.25) is 0 Å². The second kappa shape index (κ2) is 5.04. The van der Waals surface area contributed by atoms with E-state index in [9.17, 15) is 8.78 Å². The average Bonchev–Trinajstić information content (AvgIpc) is 2.16. The molecule has 0 heterocycles. The Kier molecular flexibility index (Phi) is 3.99. The summed E-state index contributed by atoms with van der Waals surface area (Å²) in [6.07, 6.45) is 0.111. The van der Waals surface area contributed by atoms with Gasteiger partial charge in [0.25, 0.3) is 0 Å². The van der Waals surface area contributed by atoms with Crippen LogP contribution in [-0.4, -0.2) is 18.8 Å². The van der Waals surface area contributed by atoms with E-state index < -0.39 is 17.7 Å². The van der Waals surface area contributed by atoms with Crippen LogP contribution in [-0.2, 0) is 0 Å². The Bertz CT molecular complexity index is 321. The number of benzene rings is 1. The van der Waals surface area contributed by atoms with Gasteiger partial charge in [-0.25, -0.2) is 8.78 Å². The van der Waals surface area contributed by atoms with Gasteiger partial charge in [0.1, 0.15) is 17.4 Å². The third-order valence-corrected chi connectivity index (χ3v) is 2.10. The van der Waals surface area contributed by atoms with E-state index >= 15 is 0 Å². The van der Waals surface area contributed by atoms with Crippen LogP contribution >= 0.6 is 0 Å². The molecule has 1 rings (SSSR count). The van der Waals surface area contributed by atoms with Gasteiger partial charge in [0.05, 0.1) is 7.11 Å². The number of nitrogens with two attached hydrogens (primary N) is 1. The molecular weight excluding hydrogens is 204 g/mol. The minimum Gasteiger partial charge on any atom is -0.497 e. The van der Waals surface area contributed by atoms with Crippen LogP contribution in [0.25, 0.3) is 0 Å². The van der Waals surface area contributed by atoms with Gasteiger partial charge in [-0.2, -0.15) is 0 Å². The number of hydrogen-bond donors (Lipinski definition) is 2. The zero-order valence-electron chi connectivity index (χ0n) is 8.34. The van der Waals surface area contributed by atoms with E-state index in [0.29, 0.717) is 0 Å². The summed E-state index contributed by atoms with van der Waals surface area (Å²) < 4.78 is 31.5. The first-order valence-electron chi connectivity index (χ1n) is 4.49. The quantitative estimate of drug-likeness (QED) is 0.800. The lowest BCUT2D eigenvalue weighted by atomic mass is 10.0. The van der Waals surface area contributed by atoms with Crippen LogP contribution in [0.2, 0.25) is 0 Å². The molecule has 0 aliphatic heterocycles. The molecule has 15 heavy (non-hydrogen) atoms. The average molecular weight is 217 g/mol. The van der Waals surface area contributed by atoms with Gasteiger partial charge in [0.15, 0.2) is 0 Å². The molecule has 1 aromatic carbocycles. The van der Waals surface area contributed by atoms with Crippen molar-refractivity contribution in [2.45, 2.75) is 12.5 Å². The standard InChI is InChI=1S/C10H13F2NO2/c1-15-6-4-7(11)10(8(12)5-6)9(13)2-3-14/h4-5,9,14H,2-3,13H2,1H3/t9-/m1/s1. The number of halogens is 2. The molecule has 1 aromatic rings. The highest BCUT2D eigenvalue weighted by Crippen LogP contribution is 2.25. The lowest BCUT2D eigenvalue weighted by Gasteiger charge is -2.13. The minimum absolute atomic E-state index is 0.102. The minimum atomic E-state index is -0.846. The van der Waals surface area contributed by atoms with E-state index in [1.165, 1.54) is 7.11 Å². The maximum absolute atomic E-state index is 13.4. The predicted octanol–water partition coefficient (Wildman–Crippen LogP) is 1.36. The largest absolute Gasteiger partial charge is 0.497 e. The molecule has 0 radical (unpaired) electrons. The van der Waals surface area contributed by atoms with Crippen molar-refractivity contribution >= 4 is 0 Å². The molecule has 0 aromatic heterocycles. The van der Waals surface area contributed by atoms with Crippen LogP contribution < -0.4 is 10.5 Å². The molecule has 0 saturated carbocycles. The van der Waals surface area contributed by atoms with Crippen molar-refractivity contribution in [2.75, 3.05) is 13.7 Å². The summed E-state index contributed by atoms with van der Waals surface area (Å²) in [5.41, 5.74) is 5.30. The van der Waals surface area contributed by atoms with E-state index in [1.54, 1.807) is 0 Å².